The largest absolute Gasteiger partial charge is 0.354 e. The third-order valence-electron chi connectivity index (χ3n) is 7.39. The van der Waals surface area contributed by atoms with E-state index in [1.807, 2.05) is 101 Å². The highest BCUT2D eigenvalue weighted by Crippen LogP contribution is 2.26. The fourth-order valence-corrected chi connectivity index (χ4v) is 5.99. The van der Waals surface area contributed by atoms with Gasteiger partial charge in [-0.25, -0.2) is 8.42 Å². The van der Waals surface area contributed by atoms with Crippen molar-refractivity contribution in [2.45, 2.75) is 66.5 Å². The zero-order valence-electron chi connectivity index (χ0n) is 25.8. The van der Waals surface area contributed by atoms with Gasteiger partial charge in [-0.3, -0.25) is 13.9 Å². The molecule has 8 heteroatoms. The summed E-state index contributed by atoms with van der Waals surface area (Å²) in [5.41, 5.74) is 5.48. The van der Waals surface area contributed by atoms with Crippen molar-refractivity contribution in [3.8, 4) is 0 Å². The van der Waals surface area contributed by atoms with E-state index in [4.69, 9.17) is 0 Å². The molecule has 0 aliphatic heterocycles. The van der Waals surface area contributed by atoms with Crippen molar-refractivity contribution in [2.75, 3.05) is 23.7 Å². The molecule has 0 spiro atoms. The quantitative estimate of drug-likeness (QED) is 0.266. The molecule has 0 aliphatic rings. The van der Waals surface area contributed by atoms with Crippen LogP contribution in [0, 0.1) is 26.7 Å². The molecule has 3 aromatic rings. The second-order valence-electron chi connectivity index (χ2n) is 11.5. The highest BCUT2D eigenvalue weighted by molar-refractivity contribution is 7.92. The molecule has 0 saturated heterocycles. The van der Waals surface area contributed by atoms with Crippen LogP contribution in [0.3, 0.4) is 0 Å². The molecule has 1 N–H and O–H groups in total. The van der Waals surface area contributed by atoms with Crippen LogP contribution in [0.5, 0.6) is 0 Å². The van der Waals surface area contributed by atoms with Gasteiger partial charge in [0.2, 0.25) is 21.8 Å². The van der Waals surface area contributed by atoms with Crippen LogP contribution < -0.4 is 9.62 Å². The van der Waals surface area contributed by atoms with E-state index in [0.717, 1.165) is 27.8 Å². The van der Waals surface area contributed by atoms with E-state index in [1.54, 1.807) is 11.0 Å². The Morgan fingerprint density at radius 2 is 1.55 bits per heavy atom. The first-order chi connectivity index (χ1) is 19.9. The number of aryl methyl sites for hydroxylation is 2. The number of anilines is 1. The normalized spacial score (nSPS) is 12.2. The van der Waals surface area contributed by atoms with Crippen molar-refractivity contribution in [3.05, 3.63) is 101 Å². The zero-order valence-corrected chi connectivity index (χ0v) is 26.6. The van der Waals surface area contributed by atoms with Gasteiger partial charge in [0, 0.05) is 32.5 Å². The first kappa shape index (κ1) is 32.9. The molecule has 0 fully saturated rings. The van der Waals surface area contributed by atoms with Crippen LogP contribution in [0.4, 0.5) is 5.69 Å². The predicted octanol–water partition coefficient (Wildman–Crippen LogP) is 5.57. The molecule has 0 aliphatic carbocycles. The summed E-state index contributed by atoms with van der Waals surface area (Å²) < 4.78 is 26.9. The number of sulfonamides is 1. The van der Waals surface area contributed by atoms with Crippen molar-refractivity contribution in [2.24, 2.45) is 5.92 Å². The Morgan fingerprint density at radius 3 is 2.19 bits per heavy atom. The number of benzene rings is 3. The van der Waals surface area contributed by atoms with Crippen LogP contribution in [0.2, 0.25) is 0 Å². The van der Waals surface area contributed by atoms with Crippen LogP contribution in [0.15, 0.2) is 72.8 Å². The summed E-state index contributed by atoms with van der Waals surface area (Å²) >= 11 is 0. The van der Waals surface area contributed by atoms with Crippen LogP contribution in [-0.2, 0) is 32.6 Å². The molecule has 0 heterocycles. The molecule has 1 atom stereocenters. The van der Waals surface area contributed by atoms with Crippen molar-refractivity contribution < 1.29 is 18.0 Å². The van der Waals surface area contributed by atoms with Crippen LogP contribution >= 0.6 is 0 Å². The maximum atomic E-state index is 14.0. The Labute approximate surface area is 252 Å². The molecule has 0 saturated carbocycles. The SMILES string of the molecule is Cc1cccc(CN(C(=O)CCCN(c2cccc(C)c2C)S(C)(=O)=O)[C@H](Cc2ccccc2)C(=O)NCC(C)C)c1. The Bertz CT molecular complexity index is 1450. The van der Waals surface area contributed by atoms with Gasteiger partial charge in [0.05, 0.1) is 11.9 Å². The Morgan fingerprint density at radius 1 is 0.881 bits per heavy atom. The molecule has 0 radical (unpaired) electrons. The maximum Gasteiger partial charge on any atom is 0.243 e. The molecule has 7 nitrogen and oxygen atoms in total. The van der Waals surface area contributed by atoms with Gasteiger partial charge in [-0.05, 0) is 61.4 Å². The molecule has 0 unspecified atom stereocenters. The number of rotatable bonds is 14. The van der Waals surface area contributed by atoms with E-state index in [1.165, 1.54) is 10.6 Å². The average molecular weight is 592 g/mol. The maximum absolute atomic E-state index is 14.0. The Kier molecular flexibility index (Phi) is 11.7. The minimum atomic E-state index is -3.57. The lowest BCUT2D eigenvalue weighted by molar-refractivity contribution is -0.141. The molecular weight excluding hydrogens is 546 g/mol. The second kappa shape index (κ2) is 15.0. The number of nitrogens with one attached hydrogen (secondary N) is 1. The summed E-state index contributed by atoms with van der Waals surface area (Å²) in [5.74, 6) is -0.118. The summed E-state index contributed by atoms with van der Waals surface area (Å²) in [4.78, 5) is 29.3. The molecule has 3 aromatic carbocycles. The third kappa shape index (κ3) is 9.44. The summed E-state index contributed by atoms with van der Waals surface area (Å²) in [5, 5.41) is 3.04. The van der Waals surface area contributed by atoms with E-state index >= 15 is 0 Å². The zero-order chi connectivity index (χ0) is 30.9. The van der Waals surface area contributed by atoms with E-state index in [0.29, 0.717) is 25.1 Å². The van der Waals surface area contributed by atoms with E-state index in [9.17, 15) is 18.0 Å². The molecule has 0 aromatic heterocycles. The first-order valence-electron chi connectivity index (χ1n) is 14.6. The van der Waals surface area contributed by atoms with E-state index in [-0.39, 0.29) is 37.2 Å². The average Bonchev–Trinajstić information content (AvgIpc) is 2.93. The fourth-order valence-electron chi connectivity index (χ4n) is 4.97. The lowest BCUT2D eigenvalue weighted by Gasteiger charge is -2.32. The van der Waals surface area contributed by atoms with Crippen molar-refractivity contribution in [3.63, 3.8) is 0 Å². The molecule has 2 amide bonds. The lowest BCUT2D eigenvalue weighted by Crippen LogP contribution is -2.51. The highest BCUT2D eigenvalue weighted by atomic mass is 32.2. The molecule has 3 rings (SSSR count). The molecule has 0 bridgehead atoms. The van der Waals surface area contributed by atoms with Gasteiger partial charge in [-0.2, -0.15) is 0 Å². The summed E-state index contributed by atoms with van der Waals surface area (Å²) in [6, 6.07) is 22.5. The molecular formula is C34H45N3O4S. The molecule has 226 valence electrons. The van der Waals surface area contributed by atoms with Crippen LogP contribution in [0.1, 0.15) is 54.5 Å². The smallest absolute Gasteiger partial charge is 0.243 e. The first-order valence-corrected chi connectivity index (χ1v) is 16.4. The van der Waals surface area contributed by atoms with Gasteiger partial charge in [0.15, 0.2) is 0 Å². The lowest BCUT2D eigenvalue weighted by atomic mass is 10.0. The van der Waals surface area contributed by atoms with Crippen LogP contribution in [0.25, 0.3) is 0 Å². The predicted molar refractivity (Wildman–Crippen MR) is 171 cm³/mol. The van der Waals surface area contributed by atoms with E-state index < -0.39 is 16.1 Å². The van der Waals surface area contributed by atoms with Gasteiger partial charge >= 0.3 is 0 Å². The van der Waals surface area contributed by atoms with Gasteiger partial charge in [0.1, 0.15) is 6.04 Å². The Hall–Kier alpha value is -3.65. The summed E-state index contributed by atoms with van der Waals surface area (Å²) in [6.45, 7) is 10.9. The number of hydrogen-bond acceptors (Lipinski definition) is 4. The standard InChI is InChI=1S/C34H45N3O4S/c1-25(2)23-35-34(39)32(22-29-15-8-7-9-16-29)36(24-30-17-10-13-26(3)21-30)33(38)19-12-20-37(42(6,40)41)31-18-11-14-27(4)28(31)5/h7-11,13-18,21,25,32H,12,19-20,22-24H2,1-6H3,(H,35,39)/t32-/m1/s1. The topological polar surface area (TPSA) is 86.8 Å². The number of carbonyl (C=O) groups is 2. The van der Waals surface area contributed by atoms with Crippen molar-refractivity contribution in [1.82, 2.24) is 10.2 Å². The van der Waals surface area contributed by atoms with Crippen molar-refractivity contribution >= 4 is 27.5 Å². The second-order valence-corrected chi connectivity index (χ2v) is 13.4. The number of amides is 2. The van der Waals surface area contributed by atoms with E-state index in [2.05, 4.69) is 5.32 Å². The Balaban J connectivity index is 1.90. The van der Waals surface area contributed by atoms with Gasteiger partial charge in [0.25, 0.3) is 0 Å². The molecule has 42 heavy (non-hydrogen) atoms. The summed E-state index contributed by atoms with van der Waals surface area (Å²) in [6.07, 6.45) is 1.98. The fraction of sp³-hybridized carbons (Fsp3) is 0.412. The minimum Gasteiger partial charge on any atom is -0.354 e. The van der Waals surface area contributed by atoms with Gasteiger partial charge in [-0.15, -0.1) is 0 Å². The minimum absolute atomic E-state index is 0.103. The van der Waals surface area contributed by atoms with Crippen molar-refractivity contribution in [1.29, 1.82) is 0 Å². The number of carbonyl (C=O) groups excluding carboxylic acids is 2. The highest BCUT2D eigenvalue weighted by Gasteiger charge is 2.30. The van der Waals surface area contributed by atoms with Crippen LogP contribution in [-0.4, -0.2) is 50.5 Å². The van der Waals surface area contributed by atoms with Gasteiger partial charge < -0.3 is 10.2 Å². The monoisotopic (exact) mass is 591 g/mol. The third-order valence-corrected chi connectivity index (χ3v) is 8.57. The number of hydrogen-bond donors (Lipinski definition) is 1. The number of nitrogens with zero attached hydrogens (tertiary/aromatic N) is 2. The van der Waals surface area contributed by atoms with Gasteiger partial charge in [-0.1, -0.05) is 86.1 Å². The summed E-state index contributed by atoms with van der Waals surface area (Å²) in [7, 11) is -3.57.